The first kappa shape index (κ1) is 25.5. The van der Waals surface area contributed by atoms with Crippen molar-refractivity contribution < 1.29 is 19.7 Å². The molecular weight excluding hydrogens is 455 g/mol. The van der Waals surface area contributed by atoms with Gasteiger partial charge in [0.05, 0.1) is 17.2 Å². The van der Waals surface area contributed by atoms with Crippen molar-refractivity contribution >= 4 is 16.5 Å². The van der Waals surface area contributed by atoms with Crippen LogP contribution in [-0.2, 0) is 0 Å². The van der Waals surface area contributed by atoms with Crippen LogP contribution >= 0.6 is 0 Å². The number of rotatable bonds is 1. The van der Waals surface area contributed by atoms with Gasteiger partial charge in [0, 0.05) is 29.3 Å². The van der Waals surface area contributed by atoms with Crippen LogP contribution in [0.1, 0.15) is 57.4 Å². The van der Waals surface area contributed by atoms with Gasteiger partial charge in [0.25, 0.3) is 0 Å². The second kappa shape index (κ2) is 9.32. The molecule has 4 N–H and O–H groups in total. The van der Waals surface area contributed by atoms with Gasteiger partial charge in [0.1, 0.15) is 11.8 Å². The largest absolute Gasteiger partial charge is 0.393 e. The minimum absolute atomic E-state index is 0.0549. The zero-order valence-corrected chi connectivity index (χ0v) is 21.5. The van der Waals surface area contributed by atoms with E-state index >= 15 is 4.39 Å². The summed E-state index contributed by atoms with van der Waals surface area (Å²) in [5.41, 5.74) is 0.280. The molecule has 2 saturated carbocycles. The Kier molecular flexibility index (Phi) is 6.61. The Morgan fingerprint density at radius 2 is 1.83 bits per heavy atom. The van der Waals surface area contributed by atoms with Crippen molar-refractivity contribution in [1.29, 1.82) is 0 Å². The lowest BCUT2D eigenvalue weighted by atomic mass is 9.57. The van der Waals surface area contributed by atoms with E-state index in [0.29, 0.717) is 44.1 Å². The zero-order valence-electron chi connectivity index (χ0n) is 21.5. The van der Waals surface area contributed by atoms with Crippen molar-refractivity contribution in [3.05, 3.63) is 59.8 Å². The van der Waals surface area contributed by atoms with Gasteiger partial charge in [-0.25, -0.2) is 4.39 Å². The molecular formula is C30H39FN2O3. The first-order valence-corrected chi connectivity index (χ1v) is 13.3. The van der Waals surface area contributed by atoms with E-state index in [1.54, 1.807) is 6.20 Å². The number of benzene rings is 1. The average Bonchev–Trinajstić information content (AvgIpc) is 3.18. The molecule has 1 aromatic heterocycles. The van der Waals surface area contributed by atoms with Crippen molar-refractivity contribution in [3.63, 3.8) is 0 Å². The number of fused-ring (bicyclic) bond motifs is 5. The number of nitrogens with one attached hydrogen (secondary N) is 1. The molecule has 5 nitrogen and oxygen atoms in total. The maximum absolute atomic E-state index is 16.2. The van der Waals surface area contributed by atoms with E-state index in [9.17, 15) is 15.3 Å². The van der Waals surface area contributed by atoms with E-state index in [2.05, 4.69) is 35.4 Å². The summed E-state index contributed by atoms with van der Waals surface area (Å²) in [6, 6.07) is 10.2. The number of nitrogens with zero attached hydrogens (tertiary/aromatic N) is 1. The predicted octanol–water partition coefficient (Wildman–Crippen LogP) is 4.57. The van der Waals surface area contributed by atoms with Crippen LogP contribution in [0.25, 0.3) is 16.5 Å². The summed E-state index contributed by atoms with van der Waals surface area (Å²) in [7, 11) is 3.75. The molecule has 0 radical (unpaired) electrons. The number of allylic oxidation sites excluding steroid dienone is 3. The van der Waals surface area contributed by atoms with Gasteiger partial charge in [-0.05, 0) is 87.4 Å². The average molecular weight is 495 g/mol. The Hall–Kier alpha value is -2.12. The maximum Gasteiger partial charge on any atom is 0.145 e. The molecule has 0 spiro atoms. The summed E-state index contributed by atoms with van der Waals surface area (Å²) >= 11 is 0. The SMILES string of the molecule is CC12CC=C3C(O)C4(F)CC(O)CCC4CC[C@]3(O)C1CC=C2c1cccc2ncccc12.CNC. The molecule has 6 heteroatoms. The number of hydrogen-bond acceptors (Lipinski definition) is 5. The van der Waals surface area contributed by atoms with Gasteiger partial charge in [-0.15, -0.1) is 0 Å². The number of aliphatic hydroxyl groups excluding tert-OH is 2. The lowest BCUT2D eigenvalue weighted by molar-refractivity contribution is -0.0963. The molecule has 0 aliphatic heterocycles. The third kappa shape index (κ3) is 3.76. The molecule has 4 aliphatic carbocycles. The molecule has 2 aromatic rings. The Bertz CT molecular complexity index is 1190. The number of aromatic nitrogens is 1. The Labute approximate surface area is 213 Å². The number of alkyl halides is 1. The fourth-order valence-corrected chi connectivity index (χ4v) is 7.65. The first-order valence-electron chi connectivity index (χ1n) is 13.3. The van der Waals surface area contributed by atoms with E-state index < -0.39 is 23.5 Å². The van der Waals surface area contributed by atoms with Crippen LogP contribution < -0.4 is 5.32 Å². The lowest BCUT2D eigenvalue weighted by Crippen LogP contribution is -2.55. The van der Waals surface area contributed by atoms with Gasteiger partial charge in [0.2, 0.25) is 0 Å². The molecule has 1 aromatic carbocycles. The highest BCUT2D eigenvalue weighted by Crippen LogP contribution is 2.63. The predicted molar refractivity (Wildman–Crippen MR) is 141 cm³/mol. The van der Waals surface area contributed by atoms with Crippen LogP contribution in [0.5, 0.6) is 0 Å². The van der Waals surface area contributed by atoms with Crippen molar-refractivity contribution in [1.82, 2.24) is 10.3 Å². The van der Waals surface area contributed by atoms with Gasteiger partial charge in [-0.2, -0.15) is 0 Å². The van der Waals surface area contributed by atoms with Gasteiger partial charge in [-0.1, -0.05) is 37.3 Å². The summed E-state index contributed by atoms with van der Waals surface area (Å²) in [6.45, 7) is 2.20. The molecule has 6 unspecified atom stereocenters. The topological polar surface area (TPSA) is 85.6 Å². The Balaban J connectivity index is 0.000000848. The molecule has 0 amide bonds. The van der Waals surface area contributed by atoms with E-state index in [1.165, 1.54) is 5.57 Å². The summed E-state index contributed by atoms with van der Waals surface area (Å²) in [5, 5.41) is 37.5. The van der Waals surface area contributed by atoms with Crippen LogP contribution in [0.2, 0.25) is 0 Å². The Morgan fingerprint density at radius 3 is 2.61 bits per heavy atom. The molecule has 7 atom stereocenters. The first-order chi connectivity index (χ1) is 17.2. The molecule has 2 fully saturated rings. The van der Waals surface area contributed by atoms with Gasteiger partial charge in [0.15, 0.2) is 0 Å². The number of aliphatic hydroxyl groups is 3. The van der Waals surface area contributed by atoms with Crippen LogP contribution in [0, 0.1) is 17.3 Å². The van der Waals surface area contributed by atoms with Crippen molar-refractivity contribution in [2.75, 3.05) is 14.1 Å². The maximum atomic E-state index is 16.2. The van der Waals surface area contributed by atoms with Gasteiger partial charge in [-0.3, -0.25) is 4.98 Å². The van der Waals surface area contributed by atoms with Crippen LogP contribution in [0.3, 0.4) is 0 Å². The second-order valence-corrected chi connectivity index (χ2v) is 11.5. The fraction of sp³-hybridized carbons (Fsp3) is 0.567. The van der Waals surface area contributed by atoms with Gasteiger partial charge >= 0.3 is 0 Å². The lowest BCUT2D eigenvalue weighted by Gasteiger charge is -2.50. The summed E-state index contributed by atoms with van der Waals surface area (Å²) < 4.78 is 16.2. The van der Waals surface area contributed by atoms with E-state index in [1.807, 2.05) is 38.4 Å². The third-order valence-electron chi connectivity index (χ3n) is 9.40. The number of pyridine rings is 1. The molecule has 194 valence electrons. The quantitative estimate of drug-likeness (QED) is 0.437. The zero-order chi connectivity index (χ0) is 25.7. The van der Waals surface area contributed by atoms with E-state index in [0.717, 1.165) is 16.5 Å². The summed E-state index contributed by atoms with van der Waals surface area (Å²) in [6.07, 6.45) is 7.18. The fourth-order valence-electron chi connectivity index (χ4n) is 7.65. The molecule has 4 aliphatic rings. The van der Waals surface area contributed by atoms with Crippen LogP contribution in [0.15, 0.2) is 54.3 Å². The third-order valence-corrected chi connectivity index (χ3v) is 9.40. The Morgan fingerprint density at radius 1 is 1.06 bits per heavy atom. The van der Waals surface area contributed by atoms with Crippen molar-refractivity contribution in [2.24, 2.45) is 17.3 Å². The molecule has 0 bridgehead atoms. The van der Waals surface area contributed by atoms with E-state index in [-0.39, 0.29) is 23.7 Å². The molecule has 36 heavy (non-hydrogen) atoms. The minimum Gasteiger partial charge on any atom is -0.393 e. The standard InChI is InChI=1S/C28H32FNO3.C2H7N/c1-26-13-12-22-25(32)27(29)16-18(31)8-7-17(27)11-14-28(22,33)24(26)10-9-21(26)19-4-2-6-23-20(19)5-3-15-30-23;1-3-2/h2-6,9,12,15,17-18,24-25,31-33H,7-8,10-11,13-14,16H2,1H3;3H,1-2H3/t17?,18?,24?,25?,26?,27?,28-;/m1./s1. The van der Waals surface area contributed by atoms with Crippen molar-refractivity contribution in [3.8, 4) is 0 Å². The number of halogens is 1. The highest BCUT2D eigenvalue weighted by Gasteiger charge is 2.62. The highest BCUT2D eigenvalue weighted by molar-refractivity contribution is 5.93. The summed E-state index contributed by atoms with van der Waals surface area (Å²) in [4.78, 5) is 4.51. The van der Waals surface area contributed by atoms with Gasteiger partial charge < -0.3 is 20.6 Å². The summed E-state index contributed by atoms with van der Waals surface area (Å²) in [5.74, 6) is -0.467. The van der Waals surface area contributed by atoms with Crippen LogP contribution in [-0.4, -0.2) is 57.9 Å². The number of hydrogen-bond donors (Lipinski definition) is 4. The molecule has 0 saturated heterocycles. The van der Waals surface area contributed by atoms with Crippen molar-refractivity contribution in [2.45, 2.75) is 75.3 Å². The highest BCUT2D eigenvalue weighted by atomic mass is 19.1. The smallest absolute Gasteiger partial charge is 0.145 e. The van der Waals surface area contributed by atoms with Crippen LogP contribution in [0.4, 0.5) is 4.39 Å². The molecule has 1 heterocycles. The second-order valence-electron chi connectivity index (χ2n) is 11.5. The monoisotopic (exact) mass is 494 g/mol. The normalized spacial score (nSPS) is 39.5. The minimum atomic E-state index is -1.88. The molecule has 6 rings (SSSR count). The van der Waals surface area contributed by atoms with E-state index in [4.69, 9.17) is 0 Å².